The molecule has 3 rings (SSSR count). The zero-order valence-corrected chi connectivity index (χ0v) is 20.8. The number of oxime groups is 1. The van der Waals surface area contributed by atoms with E-state index in [4.69, 9.17) is 44.4 Å². The van der Waals surface area contributed by atoms with Crippen LogP contribution in [0.4, 0.5) is 0 Å². The summed E-state index contributed by atoms with van der Waals surface area (Å²) < 4.78 is 5.75. The number of hydrogen-bond donors (Lipinski definition) is 1. The van der Waals surface area contributed by atoms with Crippen molar-refractivity contribution in [1.29, 1.82) is 0 Å². The largest absolute Gasteiger partial charge is 0.390 e. The fourth-order valence-electron chi connectivity index (χ4n) is 3.45. The standard InChI is InChI=1S/C24H29Cl3N2O3/c1-24(2,3)31-15-19(30)13-29(12-16-5-4-6-18(25)9-16)14-20-11-23(28-32-20)17-7-8-21(26)22(27)10-17/h4-10,19-20,30H,11-15H2,1-3H3. The van der Waals surface area contributed by atoms with E-state index in [0.717, 1.165) is 16.8 Å². The van der Waals surface area contributed by atoms with Crippen LogP contribution in [-0.4, -0.2) is 53.2 Å². The van der Waals surface area contributed by atoms with Gasteiger partial charge in [-0.1, -0.05) is 58.2 Å². The van der Waals surface area contributed by atoms with Gasteiger partial charge in [0.2, 0.25) is 0 Å². The van der Waals surface area contributed by atoms with Gasteiger partial charge in [0.25, 0.3) is 0 Å². The van der Waals surface area contributed by atoms with Gasteiger partial charge in [-0.2, -0.15) is 0 Å². The van der Waals surface area contributed by atoms with E-state index in [-0.39, 0.29) is 18.3 Å². The molecule has 1 N–H and O–H groups in total. The number of aliphatic hydroxyl groups is 1. The van der Waals surface area contributed by atoms with Crippen LogP contribution in [0, 0.1) is 0 Å². The van der Waals surface area contributed by atoms with Crippen LogP contribution >= 0.6 is 34.8 Å². The summed E-state index contributed by atoms with van der Waals surface area (Å²) in [7, 11) is 0. The molecule has 1 aliphatic rings. The van der Waals surface area contributed by atoms with E-state index in [1.807, 2.05) is 51.1 Å². The predicted octanol–water partition coefficient (Wildman–Crippen LogP) is 5.82. The highest BCUT2D eigenvalue weighted by Gasteiger charge is 2.26. The third-order valence-electron chi connectivity index (χ3n) is 4.92. The van der Waals surface area contributed by atoms with Crippen molar-refractivity contribution < 1.29 is 14.7 Å². The van der Waals surface area contributed by atoms with Gasteiger partial charge in [0.15, 0.2) is 0 Å². The van der Waals surface area contributed by atoms with Crippen LogP contribution in [-0.2, 0) is 16.1 Å². The molecule has 1 aliphatic heterocycles. The molecule has 2 atom stereocenters. The van der Waals surface area contributed by atoms with Crippen LogP contribution in [0.5, 0.6) is 0 Å². The number of nitrogens with zero attached hydrogens (tertiary/aromatic N) is 2. The predicted molar refractivity (Wildman–Crippen MR) is 131 cm³/mol. The molecule has 0 spiro atoms. The molecule has 0 fully saturated rings. The molecule has 0 amide bonds. The van der Waals surface area contributed by atoms with Gasteiger partial charge in [-0.3, -0.25) is 4.90 Å². The van der Waals surface area contributed by atoms with E-state index in [2.05, 4.69) is 10.1 Å². The summed E-state index contributed by atoms with van der Waals surface area (Å²) >= 11 is 18.3. The summed E-state index contributed by atoms with van der Waals surface area (Å²) in [5.41, 5.74) is 2.47. The Morgan fingerprint density at radius 2 is 1.94 bits per heavy atom. The first-order valence-electron chi connectivity index (χ1n) is 10.6. The van der Waals surface area contributed by atoms with Crippen LogP contribution in [0.3, 0.4) is 0 Å². The number of benzene rings is 2. The maximum atomic E-state index is 10.6. The summed E-state index contributed by atoms with van der Waals surface area (Å²) in [6, 6.07) is 13.2. The number of hydrogen-bond acceptors (Lipinski definition) is 5. The second kappa shape index (κ2) is 11.2. The van der Waals surface area contributed by atoms with Crippen molar-refractivity contribution in [3.63, 3.8) is 0 Å². The molecular weight excluding hydrogens is 471 g/mol. The smallest absolute Gasteiger partial charge is 0.145 e. The average Bonchev–Trinajstić information content (AvgIpc) is 3.16. The number of ether oxygens (including phenoxy) is 1. The first-order valence-corrected chi connectivity index (χ1v) is 11.7. The Balaban J connectivity index is 1.64. The topological polar surface area (TPSA) is 54.3 Å². The molecule has 0 bridgehead atoms. The molecule has 174 valence electrons. The van der Waals surface area contributed by atoms with Crippen molar-refractivity contribution in [2.45, 2.75) is 51.5 Å². The summed E-state index contributed by atoms with van der Waals surface area (Å²) in [5.74, 6) is 0. The van der Waals surface area contributed by atoms with Crippen molar-refractivity contribution >= 4 is 40.5 Å². The summed E-state index contributed by atoms with van der Waals surface area (Å²) in [6.45, 7) is 7.81. The lowest BCUT2D eigenvalue weighted by Gasteiger charge is -2.28. The number of aliphatic hydroxyl groups excluding tert-OH is 1. The SMILES string of the molecule is CC(C)(C)OCC(O)CN(Cc1cccc(Cl)c1)CC1CC(c2ccc(Cl)c(Cl)c2)=NO1. The van der Waals surface area contributed by atoms with Crippen LogP contribution in [0.1, 0.15) is 38.3 Å². The van der Waals surface area contributed by atoms with Crippen molar-refractivity contribution in [3.8, 4) is 0 Å². The van der Waals surface area contributed by atoms with Gasteiger partial charge in [0, 0.05) is 36.6 Å². The van der Waals surface area contributed by atoms with E-state index in [0.29, 0.717) is 41.1 Å². The van der Waals surface area contributed by atoms with E-state index < -0.39 is 6.10 Å². The Kier molecular flexibility index (Phi) is 8.84. The first kappa shape index (κ1) is 25.3. The zero-order valence-electron chi connectivity index (χ0n) is 18.5. The molecule has 0 radical (unpaired) electrons. The second-order valence-corrected chi connectivity index (χ2v) is 10.3. The lowest BCUT2D eigenvalue weighted by Crippen LogP contribution is -2.40. The molecule has 32 heavy (non-hydrogen) atoms. The third-order valence-corrected chi connectivity index (χ3v) is 5.89. The average molecular weight is 500 g/mol. The Labute approximate surface area is 204 Å². The fraction of sp³-hybridized carbons (Fsp3) is 0.458. The molecule has 2 unspecified atom stereocenters. The van der Waals surface area contributed by atoms with Gasteiger partial charge in [-0.05, 0) is 50.6 Å². The van der Waals surface area contributed by atoms with Gasteiger partial charge >= 0.3 is 0 Å². The van der Waals surface area contributed by atoms with E-state index in [1.54, 1.807) is 12.1 Å². The quantitative estimate of drug-likeness (QED) is 0.472. The Bertz CT molecular complexity index is 946. The highest BCUT2D eigenvalue weighted by atomic mass is 35.5. The maximum Gasteiger partial charge on any atom is 0.145 e. The first-order chi connectivity index (χ1) is 15.1. The minimum atomic E-state index is -0.634. The van der Waals surface area contributed by atoms with Gasteiger partial charge in [0.1, 0.15) is 6.10 Å². The molecule has 8 heteroatoms. The lowest BCUT2D eigenvalue weighted by atomic mass is 10.0. The molecule has 1 heterocycles. The molecule has 0 saturated heterocycles. The monoisotopic (exact) mass is 498 g/mol. The van der Waals surface area contributed by atoms with E-state index in [1.165, 1.54) is 0 Å². The van der Waals surface area contributed by atoms with Gasteiger partial charge in [0.05, 0.1) is 34.1 Å². The van der Waals surface area contributed by atoms with Gasteiger partial charge < -0.3 is 14.7 Å². The Hall–Kier alpha value is -1.34. The van der Waals surface area contributed by atoms with Crippen LogP contribution in [0.15, 0.2) is 47.6 Å². The van der Waals surface area contributed by atoms with Crippen molar-refractivity contribution in [3.05, 3.63) is 68.7 Å². The minimum Gasteiger partial charge on any atom is -0.390 e. The van der Waals surface area contributed by atoms with Crippen molar-refractivity contribution in [2.24, 2.45) is 5.16 Å². The summed E-state index contributed by atoms with van der Waals surface area (Å²) in [4.78, 5) is 7.85. The molecule has 0 saturated carbocycles. The number of halogens is 3. The van der Waals surface area contributed by atoms with Crippen molar-refractivity contribution in [1.82, 2.24) is 4.90 Å². The van der Waals surface area contributed by atoms with E-state index >= 15 is 0 Å². The molecule has 0 aromatic heterocycles. The highest BCUT2D eigenvalue weighted by Crippen LogP contribution is 2.26. The molecular formula is C24H29Cl3N2O3. The summed E-state index contributed by atoms with van der Waals surface area (Å²) in [5, 5.41) is 16.5. The number of rotatable bonds is 9. The lowest BCUT2D eigenvalue weighted by molar-refractivity contribution is -0.0600. The summed E-state index contributed by atoms with van der Waals surface area (Å²) in [6.07, 6.45) is -0.141. The second-order valence-electron chi connectivity index (χ2n) is 9.00. The maximum absolute atomic E-state index is 10.6. The fourth-order valence-corrected chi connectivity index (χ4v) is 3.97. The molecule has 2 aromatic carbocycles. The van der Waals surface area contributed by atoms with Crippen LogP contribution < -0.4 is 0 Å². The van der Waals surface area contributed by atoms with Gasteiger partial charge in [-0.25, -0.2) is 0 Å². The van der Waals surface area contributed by atoms with Crippen molar-refractivity contribution in [2.75, 3.05) is 19.7 Å². The zero-order chi connectivity index (χ0) is 23.3. The van der Waals surface area contributed by atoms with Gasteiger partial charge in [-0.15, -0.1) is 0 Å². The molecule has 2 aromatic rings. The van der Waals surface area contributed by atoms with Crippen LogP contribution in [0.2, 0.25) is 15.1 Å². The highest BCUT2D eigenvalue weighted by molar-refractivity contribution is 6.42. The molecule has 0 aliphatic carbocycles. The third kappa shape index (κ3) is 7.91. The Morgan fingerprint density at radius 3 is 2.62 bits per heavy atom. The molecule has 5 nitrogen and oxygen atoms in total. The normalized spacial score (nSPS) is 17.4. The van der Waals surface area contributed by atoms with E-state index in [9.17, 15) is 5.11 Å². The Morgan fingerprint density at radius 1 is 1.16 bits per heavy atom. The van der Waals surface area contributed by atoms with Crippen LogP contribution in [0.25, 0.3) is 0 Å². The minimum absolute atomic E-state index is 0.144.